The van der Waals surface area contributed by atoms with E-state index in [0.29, 0.717) is 11.0 Å². The second-order valence-electron chi connectivity index (χ2n) is 5.93. The molecule has 0 fully saturated rings. The summed E-state index contributed by atoms with van der Waals surface area (Å²) in [6.45, 7) is 0. The van der Waals surface area contributed by atoms with Crippen LogP contribution in [-0.2, 0) is 0 Å². The van der Waals surface area contributed by atoms with Crippen molar-refractivity contribution in [3.05, 3.63) is 56.7 Å². The molecular formula is C20H6Br2N4. The maximum atomic E-state index is 9.36. The van der Waals surface area contributed by atoms with Gasteiger partial charge in [-0.3, -0.25) is 0 Å². The third kappa shape index (κ3) is 1.81. The third-order valence-corrected chi connectivity index (χ3v) is 6.84. The molecule has 5 aromatic rings. The molecule has 0 aliphatic carbocycles. The van der Waals surface area contributed by atoms with Crippen molar-refractivity contribution in [1.82, 2.24) is 9.97 Å². The topological polar surface area (TPSA) is 73.4 Å². The standard InChI is InChI=1S/C20H6Br2N4/c21-17-9-3-1-5-11-15(9)16-10(18(17)22)4-2-6-12(16)20-19(11)25-13(7-23)14(8-24)26-20/h1-6H. The average molecular weight is 462 g/mol. The van der Waals surface area contributed by atoms with Crippen LogP contribution in [0.25, 0.3) is 43.4 Å². The molecule has 0 spiro atoms. The fourth-order valence-electron chi connectivity index (χ4n) is 3.61. The van der Waals surface area contributed by atoms with E-state index in [-0.39, 0.29) is 11.4 Å². The predicted molar refractivity (Wildman–Crippen MR) is 108 cm³/mol. The minimum Gasteiger partial charge on any atom is -0.232 e. The first-order valence-electron chi connectivity index (χ1n) is 7.71. The van der Waals surface area contributed by atoms with Crippen LogP contribution < -0.4 is 0 Å². The third-order valence-electron chi connectivity index (χ3n) is 4.66. The first-order valence-corrected chi connectivity index (χ1v) is 9.29. The average Bonchev–Trinajstić information content (AvgIpc) is 2.70. The first-order chi connectivity index (χ1) is 12.7. The van der Waals surface area contributed by atoms with Crippen LogP contribution in [-0.4, -0.2) is 9.97 Å². The van der Waals surface area contributed by atoms with Gasteiger partial charge < -0.3 is 0 Å². The van der Waals surface area contributed by atoms with Gasteiger partial charge in [0.2, 0.25) is 0 Å². The van der Waals surface area contributed by atoms with Gasteiger partial charge in [-0.2, -0.15) is 10.5 Å². The van der Waals surface area contributed by atoms with Gasteiger partial charge in [-0.1, -0.05) is 36.4 Å². The van der Waals surface area contributed by atoms with E-state index < -0.39 is 0 Å². The number of aromatic nitrogens is 2. The number of halogens is 2. The highest BCUT2D eigenvalue weighted by Crippen LogP contribution is 2.46. The van der Waals surface area contributed by atoms with E-state index in [1.54, 1.807) is 0 Å². The minimum atomic E-state index is 0.0510. The van der Waals surface area contributed by atoms with E-state index in [2.05, 4.69) is 54.0 Å². The van der Waals surface area contributed by atoms with Crippen molar-refractivity contribution in [3.8, 4) is 12.1 Å². The Bertz CT molecular complexity index is 1360. The molecule has 4 nitrogen and oxygen atoms in total. The van der Waals surface area contributed by atoms with Gasteiger partial charge in [0.15, 0.2) is 11.4 Å². The van der Waals surface area contributed by atoms with Crippen molar-refractivity contribution in [2.45, 2.75) is 0 Å². The smallest absolute Gasteiger partial charge is 0.177 e. The van der Waals surface area contributed by atoms with E-state index in [0.717, 1.165) is 41.3 Å². The highest BCUT2D eigenvalue weighted by molar-refractivity contribution is 9.13. The van der Waals surface area contributed by atoms with Crippen LogP contribution in [0.4, 0.5) is 0 Å². The molecule has 120 valence electrons. The Morgan fingerprint density at radius 3 is 1.42 bits per heavy atom. The highest BCUT2D eigenvalue weighted by atomic mass is 79.9. The summed E-state index contributed by atoms with van der Waals surface area (Å²) in [5.74, 6) is 0. The fraction of sp³-hybridized carbons (Fsp3) is 0. The molecule has 0 aliphatic heterocycles. The van der Waals surface area contributed by atoms with E-state index >= 15 is 0 Å². The van der Waals surface area contributed by atoms with E-state index in [1.807, 2.05) is 36.4 Å². The highest BCUT2D eigenvalue weighted by Gasteiger charge is 2.20. The maximum Gasteiger partial charge on any atom is 0.177 e. The second-order valence-corrected chi connectivity index (χ2v) is 7.51. The van der Waals surface area contributed by atoms with Crippen LogP contribution in [0.3, 0.4) is 0 Å². The van der Waals surface area contributed by atoms with Gasteiger partial charge in [0.05, 0.1) is 11.0 Å². The molecule has 0 saturated heterocycles. The van der Waals surface area contributed by atoms with Crippen molar-refractivity contribution in [3.63, 3.8) is 0 Å². The fourth-order valence-corrected chi connectivity index (χ4v) is 4.70. The van der Waals surface area contributed by atoms with Crippen molar-refractivity contribution < 1.29 is 0 Å². The summed E-state index contributed by atoms with van der Waals surface area (Å²) < 4.78 is 1.95. The lowest BCUT2D eigenvalue weighted by Crippen LogP contribution is -1.98. The summed E-state index contributed by atoms with van der Waals surface area (Å²) >= 11 is 7.39. The molecule has 0 bridgehead atoms. The van der Waals surface area contributed by atoms with Gasteiger partial charge in [-0.15, -0.1) is 0 Å². The zero-order chi connectivity index (χ0) is 18.0. The van der Waals surface area contributed by atoms with Crippen molar-refractivity contribution in [2.75, 3.05) is 0 Å². The molecule has 0 N–H and O–H groups in total. The molecule has 0 aliphatic rings. The molecule has 4 aromatic carbocycles. The summed E-state index contributed by atoms with van der Waals surface area (Å²) in [6, 6.07) is 16.0. The van der Waals surface area contributed by atoms with Crippen LogP contribution in [0.2, 0.25) is 0 Å². The normalized spacial score (nSPS) is 11.4. The molecule has 0 amide bonds. The number of fused-ring (bicyclic) bond motifs is 3. The van der Waals surface area contributed by atoms with E-state index in [4.69, 9.17) is 0 Å². The number of nitriles is 2. The Morgan fingerprint density at radius 2 is 1.04 bits per heavy atom. The van der Waals surface area contributed by atoms with Gasteiger partial charge in [-0.25, -0.2) is 9.97 Å². The van der Waals surface area contributed by atoms with Crippen LogP contribution in [0.1, 0.15) is 11.4 Å². The number of benzene rings is 4. The lowest BCUT2D eigenvalue weighted by molar-refractivity contribution is 1.21. The van der Waals surface area contributed by atoms with E-state index in [1.165, 1.54) is 0 Å². The van der Waals surface area contributed by atoms with Gasteiger partial charge in [0.25, 0.3) is 0 Å². The quantitative estimate of drug-likeness (QED) is 0.216. The summed E-state index contributed by atoms with van der Waals surface area (Å²) in [5.41, 5.74) is 1.38. The Morgan fingerprint density at radius 1 is 0.654 bits per heavy atom. The van der Waals surface area contributed by atoms with Gasteiger partial charge in [-0.05, 0) is 42.6 Å². The van der Waals surface area contributed by atoms with Crippen molar-refractivity contribution >= 4 is 75.2 Å². The van der Waals surface area contributed by atoms with Gasteiger partial charge >= 0.3 is 0 Å². The molecule has 5 rings (SSSR count). The zero-order valence-corrected chi connectivity index (χ0v) is 16.2. The lowest BCUT2D eigenvalue weighted by atomic mass is 9.92. The summed E-state index contributed by atoms with van der Waals surface area (Å²) in [5, 5.41) is 24.8. The Kier molecular flexibility index (Phi) is 3.18. The number of rotatable bonds is 0. The molecule has 0 unspecified atom stereocenters. The van der Waals surface area contributed by atoms with Gasteiger partial charge in [0, 0.05) is 30.5 Å². The Balaban J connectivity index is 2.24. The van der Waals surface area contributed by atoms with Crippen LogP contribution >= 0.6 is 31.9 Å². The number of hydrogen-bond donors (Lipinski definition) is 0. The van der Waals surface area contributed by atoms with Crippen molar-refractivity contribution in [2.24, 2.45) is 0 Å². The van der Waals surface area contributed by atoms with Gasteiger partial charge in [0.1, 0.15) is 12.1 Å². The molecule has 1 aromatic heterocycles. The molecule has 1 heterocycles. The molecular weight excluding hydrogens is 456 g/mol. The molecule has 0 atom stereocenters. The van der Waals surface area contributed by atoms with Crippen molar-refractivity contribution in [1.29, 1.82) is 10.5 Å². The Hall–Kier alpha value is -2.80. The monoisotopic (exact) mass is 460 g/mol. The minimum absolute atomic E-state index is 0.0510. The predicted octanol–water partition coefficient (Wildman–Crippen LogP) is 5.80. The molecule has 26 heavy (non-hydrogen) atoms. The first kappa shape index (κ1) is 15.5. The lowest BCUT2D eigenvalue weighted by Gasteiger charge is -2.16. The summed E-state index contributed by atoms with van der Waals surface area (Å²) in [4.78, 5) is 8.99. The van der Waals surface area contributed by atoms with Crippen LogP contribution in [0.5, 0.6) is 0 Å². The summed E-state index contributed by atoms with van der Waals surface area (Å²) in [6.07, 6.45) is 0. The van der Waals surface area contributed by atoms with Crippen LogP contribution in [0, 0.1) is 22.7 Å². The van der Waals surface area contributed by atoms with Crippen LogP contribution in [0.15, 0.2) is 45.3 Å². The number of nitrogens with zero attached hydrogens (tertiary/aromatic N) is 4. The second kappa shape index (κ2) is 5.35. The van der Waals surface area contributed by atoms with E-state index in [9.17, 15) is 10.5 Å². The number of hydrogen-bond acceptors (Lipinski definition) is 4. The maximum absolute atomic E-state index is 9.36. The Labute approximate surface area is 164 Å². The zero-order valence-electron chi connectivity index (χ0n) is 13.0. The summed E-state index contributed by atoms with van der Waals surface area (Å²) in [7, 11) is 0. The SMILES string of the molecule is N#Cc1nc2c3cccc4c(Br)c(Br)c5cccc(c2nc1C#N)c5c43. The molecule has 6 heteroatoms. The largest absolute Gasteiger partial charge is 0.232 e. The molecule has 0 radical (unpaired) electrons. The molecule has 0 saturated carbocycles.